The van der Waals surface area contributed by atoms with Crippen LogP contribution < -0.4 is 9.47 Å². The molecule has 0 aliphatic rings. The van der Waals surface area contributed by atoms with Crippen molar-refractivity contribution in [3.63, 3.8) is 0 Å². The minimum atomic E-state index is -0.579. The van der Waals surface area contributed by atoms with Gasteiger partial charge < -0.3 is 19.3 Å². The van der Waals surface area contributed by atoms with Crippen LogP contribution in [0, 0.1) is 12.8 Å². The molecule has 0 spiro atoms. The SMILES string of the molecule is CCC(C)N(Cc1c(C)nn(-c2ccccc2)c1Oc1cccc(OC)c1)CC(O)COCC(C)C. The first-order chi connectivity index (χ1) is 17.3. The molecule has 7 heteroatoms. The first kappa shape index (κ1) is 27.7. The number of methoxy groups -OCH3 is 1. The first-order valence-corrected chi connectivity index (χ1v) is 12.8. The number of hydrogen-bond donors (Lipinski definition) is 1. The zero-order valence-electron chi connectivity index (χ0n) is 22.5. The predicted molar refractivity (Wildman–Crippen MR) is 143 cm³/mol. The second-order valence-electron chi connectivity index (χ2n) is 9.67. The number of benzene rings is 2. The van der Waals surface area contributed by atoms with Crippen LogP contribution in [0.2, 0.25) is 0 Å². The van der Waals surface area contributed by atoms with Crippen LogP contribution in [0.4, 0.5) is 0 Å². The van der Waals surface area contributed by atoms with Crippen molar-refractivity contribution in [2.75, 3.05) is 26.9 Å². The molecule has 1 N–H and O–H groups in total. The maximum Gasteiger partial charge on any atom is 0.227 e. The lowest BCUT2D eigenvalue weighted by Gasteiger charge is -2.30. The lowest BCUT2D eigenvalue weighted by Crippen LogP contribution is -2.40. The third-order valence-corrected chi connectivity index (χ3v) is 6.18. The topological polar surface area (TPSA) is 69.0 Å². The van der Waals surface area contributed by atoms with Crippen LogP contribution in [0.25, 0.3) is 5.69 Å². The zero-order valence-corrected chi connectivity index (χ0v) is 22.5. The van der Waals surface area contributed by atoms with E-state index in [0.717, 1.165) is 29.1 Å². The molecule has 2 atom stereocenters. The Bertz CT molecular complexity index is 1070. The second kappa shape index (κ2) is 13.4. The van der Waals surface area contributed by atoms with E-state index in [1.807, 2.05) is 66.2 Å². The summed E-state index contributed by atoms with van der Waals surface area (Å²) >= 11 is 0. The fourth-order valence-corrected chi connectivity index (χ4v) is 3.97. The molecule has 0 amide bonds. The maximum atomic E-state index is 10.7. The van der Waals surface area contributed by atoms with E-state index in [0.29, 0.717) is 43.9 Å². The molecule has 7 nitrogen and oxygen atoms in total. The summed E-state index contributed by atoms with van der Waals surface area (Å²) in [5, 5.41) is 15.6. The van der Waals surface area contributed by atoms with Gasteiger partial charge in [-0.15, -0.1) is 0 Å². The predicted octanol–water partition coefficient (Wildman–Crippen LogP) is 5.62. The van der Waals surface area contributed by atoms with E-state index < -0.39 is 6.10 Å². The Morgan fingerprint density at radius 3 is 2.39 bits per heavy atom. The van der Waals surface area contributed by atoms with Crippen LogP contribution in [-0.4, -0.2) is 58.8 Å². The summed E-state index contributed by atoms with van der Waals surface area (Å²) in [6.45, 7) is 12.6. The largest absolute Gasteiger partial charge is 0.497 e. The summed E-state index contributed by atoms with van der Waals surface area (Å²) in [6, 6.07) is 17.8. The molecule has 196 valence electrons. The van der Waals surface area contributed by atoms with Gasteiger partial charge in [0, 0.05) is 31.8 Å². The Hall–Kier alpha value is -2.87. The molecule has 36 heavy (non-hydrogen) atoms. The normalized spacial score (nSPS) is 13.2. The van der Waals surface area contributed by atoms with E-state index in [1.54, 1.807) is 7.11 Å². The van der Waals surface area contributed by atoms with Gasteiger partial charge in [-0.05, 0) is 50.5 Å². The number of aromatic nitrogens is 2. The highest BCUT2D eigenvalue weighted by molar-refractivity contribution is 5.44. The lowest BCUT2D eigenvalue weighted by molar-refractivity contribution is -0.0000190. The van der Waals surface area contributed by atoms with E-state index in [1.165, 1.54) is 0 Å². The maximum absolute atomic E-state index is 10.7. The van der Waals surface area contributed by atoms with Crippen LogP contribution >= 0.6 is 0 Å². The number of aliphatic hydroxyl groups excluding tert-OH is 1. The number of nitrogens with zero attached hydrogens (tertiary/aromatic N) is 3. The number of ether oxygens (including phenoxy) is 3. The van der Waals surface area contributed by atoms with Gasteiger partial charge in [-0.1, -0.05) is 45.0 Å². The Balaban J connectivity index is 1.93. The van der Waals surface area contributed by atoms with E-state index in [9.17, 15) is 5.11 Å². The van der Waals surface area contributed by atoms with Crippen molar-refractivity contribution in [1.29, 1.82) is 0 Å². The highest BCUT2D eigenvalue weighted by Gasteiger charge is 2.25. The molecule has 2 unspecified atom stereocenters. The molecule has 0 bridgehead atoms. The van der Waals surface area contributed by atoms with Crippen molar-refractivity contribution in [2.45, 2.75) is 59.7 Å². The molecule has 3 aromatic rings. The fourth-order valence-electron chi connectivity index (χ4n) is 3.97. The highest BCUT2D eigenvalue weighted by atomic mass is 16.5. The van der Waals surface area contributed by atoms with E-state index in [4.69, 9.17) is 19.3 Å². The average molecular weight is 496 g/mol. The van der Waals surface area contributed by atoms with Gasteiger partial charge >= 0.3 is 0 Å². The van der Waals surface area contributed by atoms with Gasteiger partial charge in [0.05, 0.1) is 36.8 Å². The Morgan fingerprint density at radius 1 is 1.00 bits per heavy atom. The average Bonchev–Trinajstić information content (AvgIpc) is 3.18. The molecule has 0 radical (unpaired) electrons. The summed E-state index contributed by atoms with van der Waals surface area (Å²) < 4.78 is 19.4. The Morgan fingerprint density at radius 2 is 1.72 bits per heavy atom. The van der Waals surface area contributed by atoms with Gasteiger partial charge in [0.2, 0.25) is 5.88 Å². The minimum absolute atomic E-state index is 0.258. The van der Waals surface area contributed by atoms with Crippen molar-refractivity contribution in [1.82, 2.24) is 14.7 Å². The quantitative estimate of drug-likeness (QED) is 0.313. The molecule has 1 heterocycles. The van der Waals surface area contributed by atoms with Gasteiger partial charge in [0.25, 0.3) is 0 Å². The summed E-state index contributed by atoms with van der Waals surface area (Å²) in [4.78, 5) is 2.28. The number of para-hydroxylation sites is 1. The molecule has 0 saturated carbocycles. The van der Waals surface area contributed by atoms with Gasteiger partial charge in [-0.3, -0.25) is 4.90 Å². The Labute approximate surface area is 215 Å². The molecular weight excluding hydrogens is 454 g/mol. The number of aryl methyl sites for hydroxylation is 1. The van der Waals surface area contributed by atoms with Crippen molar-refractivity contribution in [2.24, 2.45) is 5.92 Å². The molecule has 1 aromatic heterocycles. The lowest BCUT2D eigenvalue weighted by atomic mass is 10.1. The standard InChI is InChI=1S/C29H41N3O4/c1-7-22(4)31(17-25(33)20-35-19-21(2)3)18-28-23(5)30-32(24-12-9-8-10-13-24)29(28)36-27-15-11-14-26(16-27)34-6/h8-16,21-22,25,33H,7,17-20H2,1-6H3. The van der Waals surface area contributed by atoms with Gasteiger partial charge in [0.1, 0.15) is 11.5 Å². The number of rotatable bonds is 14. The van der Waals surface area contributed by atoms with Crippen LogP contribution in [0.1, 0.15) is 45.4 Å². The van der Waals surface area contributed by atoms with E-state index >= 15 is 0 Å². The third kappa shape index (κ3) is 7.56. The minimum Gasteiger partial charge on any atom is -0.497 e. The summed E-state index contributed by atoms with van der Waals surface area (Å²) in [5.74, 6) is 2.49. The molecule has 0 aliphatic heterocycles. The second-order valence-corrected chi connectivity index (χ2v) is 9.67. The van der Waals surface area contributed by atoms with E-state index in [2.05, 4.69) is 32.6 Å². The summed E-state index contributed by atoms with van der Waals surface area (Å²) in [6.07, 6.45) is 0.377. The highest BCUT2D eigenvalue weighted by Crippen LogP contribution is 2.33. The van der Waals surface area contributed by atoms with Gasteiger partial charge in [0.15, 0.2) is 0 Å². The van der Waals surface area contributed by atoms with Crippen molar-refractivity contribution < 1.29 is 19.3 Å². The van der Waals surface area contributed by atoms with Gasteiger partial charge in [-0.25, -0.2) is 4.68 Å². The zero-order chi connectivity index (χ0) is 26.1. The summed E-state index contributed by atoms with van der Waals surface area (Å²) in [7, 11) is 1.64. The van der Waals surface area contributed by atoms with Crippen LogP contribution in [0.15, 0.2) is 54.6 Å². The Kier molecular flexibility index (Phi) is 10.3. The van der Waals surface area contributed by atoms with Crippen LogP contribution in [0.3, 0.4) is 0 Å². The van der Waals surface area contributed by atoms with Crippen molar-refractivity contribution >= 4 is 0 Å². The van der Waals surface area contributed by atoms with Crippen LogP contribution in [0.5, 0.6) is 17.4 Å². The number of aliphatic hydroxyl groups is 1. The summed E-state index contributed by atoms with van der Waals surface area (Å²) in [5.41, 5.74) is 2.79. The van der Waals surface area contributed by atoms with Crippen molar-refractivity contribution in [3.8, 4) is 23.1 Å². The molecule has 3 rings (SSSR count). The fraction of sp³-hybridized carbons (Fsp3) is 0.483. The molecule has 0 saturated heterocycles. The molecule has 2 aromatic carbocycles. The molecule has 0 fully saturated rings. The number of hydrogen-bond acceptors (Lipinski definition) is 6. The van der Waals surface area contributed by atoms with Crippen molar-refractivity contribution in [3.05, 3.63) is 65.9 Å². The van der Waals surface area contributed by atoms with Gasteiger partial charge in [-0.2, -0.15) is 5.10 Å². The van der Waals surface area contributed by atoms with Crippen LogP contribution in [-0.2, 0) is 11.3 Å². The molecule has 0 aliphatic carbocycles. The third-order valence-electron chi connectivity index (χ3n) is 6.18. The monoisotopic (exact) mass is 495 g/mol. The molecular formula is C29H41N3O4. The van der Waals surface area contributed by atoms with E-state index in [-0.39, 0.29) is 6.04 Å². The smallest absolute Gasteiger partial charge is 0.227 e. The first-order valence-electron chi connectivity index (χ1n) is 12.8.